The predicted molar refractivity (Wildman–Crippen MR) is 88.7 cm³/mol. The van der Waals surface area contributed by atoms with Crippen LogP contribution in [0.5, 0.6) is 0 Å². The van der Waals surface area contributed by atoms with Crippen LogP contribution in [0.3, 0.4) is 0 Å². The van der Waals surface area contributed by atoms with E-state index in [9.17, 15) is 0 Å². The monoisotopic (exact) mass is 308 g/mol. The molecule has 1 unspecified atom stereocenters. The molecule has 0 N–H and O–H groups in total. The molecule has 2 heterocycles. The SMILES string of the molecule is c1ccc2cc(C3(CCn4ccnc4)CCCOO3)ccc2c1. The molecule has 3 aromatic rings. The molecule has 1 fully saturated rings. The molecule has 0 bridgehead atoms. The van der Waals surface area contributed by atoms with Gasteiger partial charge in [-0.1, -0.05) is 36.4 Å². The van der Waals surface area contributed by atoms with Crippen LogP contribution in [0.1, 0.15) is 24.8 Å². The molecule has 4 nitrogen and oxygen atoms in total. The normalized spacial score (nSPS) is 21.6. The number of hydrogen-bond acceptors (Lipinski definition) is 3. The number of aromatic nitrogens is 2. The first kappa shape index (κ1) is 14.4. The smallest absolute Gasteiger partial charge is 0.130 e. The minimum Gasteiger partial charge on any atom is -0.337 e. The first-order valence-corrected chi connectivity index (χ1v) is 8.11. The van der Waals surface area contributed by atoms with Crippen LogP contribution >= 0.6 is 0 Å². The van der Waals surface area contributed by atoms with Crippen molar-refractivity contribution in [3.05, 3.63) is 66.7 Å². The summed E-state index contributed by atoms with van der Waals surface area (Å²) >= 11 is 0. The summed E-state index contributed by atoms with van der Waals surface area (Å²) in [7, 11) is 0. The van der Waals surface area contributed by atoms with Crippen molar-refractivity contribution in [2.75, 3.05) is 6.61 Å². The summed E-state index contributed by atoms with van der Waals surface area (Å²) in [5.41, 5.74) is 0.808. The maximum absolute atomic E-state index is 5.87. The fraction of sp³-hybridized carbons (Fsp3) is 0.316. The van der Waals surface area contributed by atoms with Crippen molar-refractivity contribution >= 4 is 10.8 Å². The summed E-state index contributed by atoms with van der Waals surface area (Å²) in [6.07, 6.45) is 8.48. The van der Waals surface area contributed by atoms with Gasteiger partial charge in [0.1, 0.15) is 5.60 Å². The molecule has 23 heavy (non-hydrogen) atoms. The van der Waals surface area contributed by atoms with E-state index in [1.54, 1.807) is 6.20 Å². The molecule has 0 amide bonds. The van der Waals surface area contributed by atoms with Crippen LogP contribution in [-0.4, -0.2) is 16.2 Å². The second-order valence-electron chi connectivity index (χ2n) is 6.12. The van der Waals surface area contributed by atoms with Gasteiger partial charge >= 0.3 is 0 Å². The van der Waals surface area contributed by atoms with Gasteiger partial charge in [-0.3, -0.25) is 0 Å². The second kappa shape index (κ2) is 6.14. The summed E-state index contributed by atoms with van der Waals surface area (Å²) in [4.78, 5) is 15.4. The number of aryl methyl sites for hydroxylation is 1. The molecule has 0 spiro atoms. The number of benzene rings is 2. The van der Waals surface area contributed by atoms with E-state index in [4.69, 9.17) is 9.78 Å². The van der Waals surface area contributed by atoms with E-state index < -0.39 is 0 Å². The average molecular weight is 308 g/mol. The summed E-state index contributed by atoms with van der Waals surface area (Å²) in [6.45, 7) is 1.52. The molecule has 4 heteroatoms. The Bertz CT molecular complexity index is 777. The lowest BCUT2D eigenvalue weighted by Gasteiger charge is -2.36. The zero-order valence-corrected chi connectivity index (χ0v) is 13.0. The van der Waals surface area contributed by atoms with Gasteiger partial charge in [0.05, 0.1) is 12.9 Å². The van der Waals surface area contributed by atoms with Crippen molar-refractivity contribution < 1.29 is 9.78 Å². The van der Waals surface area contributed by atoms with Crippen molar-refractivity contribution in [2.24, 2.45) is 0 Å². The van der Waals surface area contributed by atoms with E-state index in [1.807, 2.05) is 12.5 Å². The van der Waals surface area contributed by atoms with Crippen LogP contribution in [0, 0.1) is 0 Å². The largest absolute Gasteiger partial charge is 0.337 e. The second-order valence-corrected chi connectivity index (χ2v) is 6.12. The fourth-order valence-electron chi connectivity index (χ4n) is 3.32. The maximum Gasteiger partial charge on any atom is 0.130 e. The Morgan fingerprint density at radius 1 is 1.13 bits per heavy atom. The van der Waals surface area contributed by atoms with Crippen molar-refractivity contribution in [1.29, 1.82) is 0 Å². The molecule has 4 rings (SSSR count). The third kappa shape index (κ3) is 2.87. The molecule has 0 saturated carbocycles. The van der Waals surface area contributed by atoms with Crippen LogP contribution in [0.15, 0.2) is 61.2 Å². The maximum atomic E-state index is 5.87. The summed E-state index contributed by atoms with van der Waals surface area (Å²) in [6, 6.07) is 15.0. The molecule has 1 saturated heterocycles. The minimum atomic E-state index is -0.382. The Labute approximate surface area is 135 Å². The van der Waals surface area contributed by atoms with Gasteiger partial charge in [-0.25, -0.2) is 14.8 Å². The zero-order valence-electron chi connectivity index (χ0n) is 13.0. The molecule has 1 atom stereocenters. The van der Waals surface area contributed by atoms with Crippen molar-refractivity contribution in [2.45, 2.75) is 31.4 Å². The van der Waals surface area contributed by atoms with E-state index in [2.05, 4.69) is 52.0 Å². The molecule has 1 aliphatic heterocycles. The van der Waals surface area contributed by atoms with E-state index in [0.717, 1.165) is 25.8 Å². The molecule has 2 aromatic carbocycles. The molecule has 0 radical (unpaired) electrons. The Kier molecular flexibility index (Phi) is 3.85. The number of nitrogens with zero attached hydrogens (tertiary/aromatic N) is 2. The lowest BCUT2D eigenvalue weighted by Crippen LogP contribution is -2.35. The van der Waals surface area contributed by atoms with Gasteiger partial charge in [0.15, 0.2) is 0 Å². The lowest BCUT2D eigenvalue weighted by molar-refractivity contribution is -0.391. The number of imidazole rings is 1. The minimum absolute atomic E-state index is 0.382. The quantitative estimate of drug-likeness (QED) is 0.682. The third-order valence-electron chi connectivity index (χ3n) is 4.64. The molecular formula is C19H20N2O2. The predicted octanol–water partition coefficient (Wildman–Crippen LogP) is 4.06. The topological polar surface area (TPSA) is 36.3 Å². The third-order valence-corrected chi connectivity index (χ3v) is 4.64. The Hall–Kier alpha value is -2.17. The molecule has 118 valence electrons. The van der Waals surface area contributed by atoms with Gasteiger partial charge in [-0.05, 0) is 35.2 Å². The van der Waals surface area contributed by atoms with Crippen molar-refractivity contribution in [3.63, 3.8) is 0 Å². The lowest BCUT2D eigenvalue weighted by atomic mass is 9.84. The number of hydrogen-bond donors (Lipinski definition) is 0. The molecule has 0 aliphatic carbocycles. The summed E-state index contributed by atoms with van der Waals surface area (Å²) in [5, 5.41) is 2.49. The molecule has 1 aromatic heterocycles. The Morgan fingerprint density at radius 2 is 2.04 bits per heavy atom. The van der Waals surface area contributed by atoms with Crippen molar-refractivity contribution in [1.82, 2.24) is 9.55 Å². The van der Waals surface area contributed by atoms with Crippen LogP contribution in [0.2, 0.25) is 0 Å². The van der Waals surface area contributed by atoms with Crippen LogP contribution in [-0.2, 0) is 21.9 Å². The van der Waals surface area contributed by atoms with Gasteiger partial charge in [0.2, 0.25) is 0 Å². The van der Waals surface area contributed by atoms with E-state index in [0.29, 0.717) is 6.61 Å². The highest BCUT2D eigenvalue weighted by molar-refractivity contribution is 5.83. The molecule has 1 aliphatic rings. The Balaban J connectivity index is 1.68. The first-order valence-electron chi connectivity index (χ1n) is 8.11. The average Bonchev–Trinajstić information content (AvgIpc) is 3.14. The summed E-state index contributed by atoms with van der Waals surface area (Å²) < 4.78 is 2.08. The highest BCUT2D eigenvalue weighted by Gasteiger charge is 2.37. The fourth-order valence-corrected chi connectivity index (χ4v) is 3.32. The van der Waals surface area contributed by atoms with Gasteiger partial charge in [0, 0.05) is 25.4 Å². The number of fused-ring (bicyclic) bond motifs is 1. The van der Waals surface area contributed by atoms with Gasteiger partial charge in [-0.15, -0.1) is 0 Å². The summed E-state index contributed by atoms with van der Waals surface area (Å²) in [5.74, 6) is 0. The standard InChI is InChI=1S/C19H20N2O2/c1-2-5-17-14-18(7-6-16(17)4-1)19(8-3-13-22-23-19)9-11-21-12-10-20-15-21/h1-2,4-7,10,12,14-15H,3,8-9,11,13H2. The van der Waals surface area contributed by atoms with Crippen molar-refractivity contribution in [3.8, 4) is 0 Å². The van der Waals surface area contributed by atoms with E-state index >= 15 is 0 Å². The zero-order chi connectivity index (χ0) is 15.5. The van der Waals surface area contributed by atoms with E-state index in [-0.39, 0.29) is 5.60 Å². The molecular weight excluding hydrogens is 288 g/mol. The van der Waals surface area contributed by atoms with Gasteiger partial charge < -0.3 is 4.57 Å². The van der Waals surface area contributed by atoms with Crippen LogP contribution < -0.4 is 0 Å². The highest BCUT2D eigenvalue weighted by Crippen LogP contribution is 2.39. The first-order chi connectivity index (χ1) is 11.4. The van der Waals surface area contributed by atoms with Crippen LogP contribution in [0.25, 0.3) is 10.8 Å². The highest BCUT2D eigenvalue weighted by atomic mass is 17.2. The van der Waals surface area contributed by atoms with Gasteiger partial charge in [-0.2, -0.15) is 0 Å². The van der Waals surface area contributed by atoms with Gasteiger partial charge in [0.25, 0.3) is 0 Å². The van der Waals surface area contributed by atoms with E-state index in [1.165, 1.54) is 16.3 Å². The Morgan fingerprint density at radius 3 is 2.83 bits per heavy atom. The van der Waals surface area contributed by atoms with Crippen LogP contribution in [0.4, 0.5) is 0 Å². The number of rotatable bonds is 4.